The van der Waals surface area contributed by atoms with Crippen LogP contribution in [-0.4, -0.2) is 35.1 Å². The Labute approximate surface area is 168 Å². The lowest BCUT2D eigenvalue weighted by Gasteiger charge is -2.12. The normalized spacial score (nSPS) is 16.4. The van der Waals surface area contributed by atoms with Gasteiger partial charge >= 0.3 is 0 Å². The molecule has 0 saturated carbocycles. The first-order valence-electron chi connectivity index (χ1n) is 9.55. The summed E-state index contributed by atoms with van der Waals surface area (Å²) in [4.78, 5) is 23.1. The van der Waals surface area contributed by atoms with Crippen LogP contribution in [0.4, 0.5) is 5.82 Å². The number of hydrogen-bond acceptors (Lipinski definition) is 6. The van der Waals surface area contributed by atoms with E-state index in [2.05, 4.69) is 26.7 Å². The molecule has 1 fully saturated rings. The molecule has 146 valence electrons. The molecule has 2 N–H and O–H groups in total. The number of nitrogens with zero attached hydrogens (tertiary/aromatic N) is 2. The largest absolute Gasteiger partial charge is 0.376 e. The summed E-state index contributed by atoms with van der Waals surface area (Å²) >= 11 is 1.41. The lowest BCUT2D eigenvalue weighted by Crippen LogP contribution is -2.22. The van der Waals surface area contributed by atoms with Crippen molar-refractivity contribution in [1.29, 1.82) is 0 Å². The molecule has 1 atom stereocenters. The van der Waals surface area contributed by atoms with Crippen molar-refractivity contribution in [3.05, 3.63) is 52.2 Å². The molecule has 1 unspecified atom stereocenters. The van der Waals surface area contributed by atoms with Crippen molar-refractivity contribution in [2.45, 2.75) is 39.3 Å². The summed E-state index contributed by atoms with van der Waals surface area (Å²) in [7, 11) is 0. The Kier molecular flexibility index (Phi) is 5.54. The molecule has 4 rings (SSSR count). The number of rotatable bonds is 6. The van der Waals surface area contributed by atoms with E-state index >= 15 is 0 Å². The fraction of sp³-hybridized carbons (Fsp3) is 0.381. The molecule has 2 aromatic heterocycles. The summed E-state index contributed by atoms with van der Waals surface area (Å²) in [5.74, 6) is 0.694. The predicted octanol–water partition coefficient (Wildman–Crippen LogP) is 3.83. The van der Waals surface area contributed by atoms with Crippen molar-refractivity contribution in [3.8, 4) is 0 Å². The smallest absolute Gasteiger partial charge is 0.261 e. The predicted molar refractivity (Wildman–Crippen MR) is 112 cm³/mol. The summed E-state index contributed by atoms with van der Waals surface area (Å²) in [6, 6.07) is 8.15. The first kappa shape index (κ1) is 18.8. The molecule has 0 radical (unpaired) electrons. The number of thiophene rings is 1. The number of ether oxygens (including phenoxy) is 1. The summed E-state index contributed by atoms with van der Waals surface area (Å²) in [5, 5.41) is 7.33. The van der Waals surface area contributed by atoms with Gasteiger partial charge in [0.1, 0.15) is 17.0 Å². The highest BCUT2D eigenvalue weighted by molar-refractivity contribution is 7.20. The first-order chi connectivity index (χ1) is 13.6. The molecular weight excluding hydrogens is 372 g/mol. The van der Waals surface area contributed by atoms with E-state index in [4.69, 9.17) is 4.74 Å². The average Bonchev–Trinajstić information content (AvgIpc) is 3.33. The second-order valence-electron chi connectivity index (χ2n) is 7.15. The van der Waals surface area contributed by atoms with Gasteiger partial charge in [0.05, 0.1) is 16.4 Å². The van der Waals surface area contributed by atoms with Crippen LogP contribution in [0.5, 0.6) is 0 Å². The van der Waals surface area contributed by atoms with Gasteiger partial charge in [-0.15, -0.1) is 11.3 Å². The summed E-state index contributed by atoms with van der Waals surface area (Å²) in [6.07, 6.45) is 3.94. The fourth-order valence-electron chi connectivity index (χ4n) is 3.52. The number of aryl methyl sites for hydroxylation is 2. The average molecular weight is 397 g/mol. The highest BCUT2D eigenvalue weighted by atomic mass is 32.1. The number of aromatic nitrogens is 2. The molecule has 1 amide bonds. The van der Waals surface area contributed by atoms with E-state index in [9.17, 15) is 4.79 Å². The van der Waals surface area contributed by atoms with E-state index in [-0.39, 0.29) is 12.0 Å². The highest BCUT2D eigenvalue weighted by Crippen LogP contribution is 2.33. The van der Waals surface area contributed by atoms with Crippen molar-refractivity contribution >= 4 is 33.3 Å². The van der Waals surface area contributed by atoms with Gasteiger partial charge in [0, 0.05) is 19.7 Å². The van der Waals surface area contributed by atoms with Crippen molar-refractivity contribution < 1.29 is 9.53 Å². The summed E-state index contributed by atoms with van der Waals surface area (Å²) in [6.45, 7) is 6.06. The van der Waals surface area contributed by atoms with Crippen LogP contribution in [0.15, 0.2) is 30.6 Å². The molecule has 3 heterocycles. The fourth-order valence-corrected chi connectivity index (χ4v) is 4.59. The zero-order valence-corrected chi connectivity index (χ0v) is 16.9. The Morgan fingerprint density at radius 1 is 1.32 bits per heavy atom. The number of benzene rings is 1. The van der Waals surface area contributed by atoms with Crippen LogP contribution in [0, 0.1) is 13.8 Å². The van der Waals surface area contributed by atoms with Gasteiger partial charge in [-0.25, -0.2) is 9.97 Å². The zero-order chi connectivity index (χ0) is 19.5. The van der Waals surface area contributed by atoms with Crippen molar-refractivity contribution in [1.82, 2.24) is 15.3 Å². The van der Waals surface area contributed by atoms with E-state index < -0.39 is 0 Å². The van der Waals surface area contributed by atoms with Gasteiger partial charge in [-0.3, -0.25) is 4.79 Å². The molecule has 6 nitrogen and oxygen atoms in total. The van der Waals surface area contributed by atoms with E-state index in [0.29, 0.717) is 11.4 Å². The molecule has 3 aromatic rings. The van der Waals surface area contributed by atoms with E-state index in [1.54, 1.807) is 6.33 Å². The number of carbonyl (C=O) groups excluding carboxylic acids is 1. The molecule has 1 aromatic carbocycles. The van der Waals surface area contributed by atoms with Gasteiger partial charge < -0.3 is 15.4 Å². The number of anilines is 1. The maximum Gasteiger partial charge on any atom is 0.261 e. The molecule has 7 heteroatoms. The first-order valence-corrected chi connectivity index (χ1v) is 10.4. The highest BCUT2D eigenvalue weighted by Gasteiger charge is 2.20. The third-order valence-corrected chi connectivity index (χ3v) is 6.19. The van der Waals surface area contributed by atoms with Gasteiger partial charge in [0.15, 0.2) is 0 Å². The lowest BCUT2D eigenvalue weighted by atomic mass is 10.1. The number of nitrogens with one attached hydrogen (secondary N) is 2. The van der Waals surface area contributed by atoms with Gasteiger partial charge in [-0.1, -0.05) is 29.8 Å². The Balaban J connectivity index is 1.51. The Hall–Kier alpha value is -2.51. The van der Waals surface area contributed by atoms with Crippen LogP contribution < -0.4 is 10.6 Å². The van der Waals surface area contributed by atoms with E-state index in [0.717, 1.165) is 53.2 Å². The number of hydrogen-bond donors (Lipinski definition) is 2. The molecule has 1 aliphatic heterocycles. The maximum absolute atomic E-state index is 12.8. The van der Waals surface area contributed by atoms with E-state index in [1.165, 1.54) is 16.9 Å². The topological polar surface area (TPSA) is 76.1 Å². The quantitative estimate of drug-likeness (QED) is 0.662. The van der Waals surface area contributed by atoms with Crippen LogP contribution in [0.3, 0.4) is 0 Å². The maximum atomic E-state index is 12.8. The van der Waals surface area contributed by atoms with Crippen LogP contribution in [0.1, 0.15) is 39.2 Å². The van der Waals surface area contributed by atoms with Crippen molar-refractivity contribution in [2.24, 2.45) is 0 Å². The summed E-state index contributed by atoms with van der Waals surface area (Å²) < 4.78 is 5.68. The monoisotopic (exact) mass is 396 g/mol. The Morgan fingerprint density at radius 3 is 3.00 bits per heavy atom. The van der Waals surface area contributed by atoms with Gasteiger partial charge in [0.25, 0.3) is 5.91 Å². The molecular formula is C21H24N4O2S. The van der Waals surface area contributed by atoms with Gasteiger partial charge in [0.2, 0.25) is 0 Å². The second kappa shape index (κ2) is 8.24. The molecule has 1 aliphatic rings. The van der Waals surface area contributed by atoms with E-state index in [1.807, 2.05) is 32.0 Å². The number of fused-ring (bicyclic) bond motifs is 1. The van der Waals surface area contributed by atoms with Crippen LogP contribution in [0.25, 0.3) is 10.2 Å². The van der Waals surface area contributed by atoms with Crippen molar-refractivity contribution in [2.75, 3.05) is 18.5 Å². The van der Waals surface area contributed by atoms with Crippen molar-refractivity contribution in [3.63, 3.8) is 0 Å². The Morgan fingerprint density at radius 2 is 2.21 bits per heavy atom. The number of amides is 1. The zero-order valence-electron chi connectivity index (χ0n) is 16.1. The summed E-state index contributed by atoms with van der Waals surface area (Å²) in [5.41, 5.74) is 3.19. The van der Waals surface area contributed by atoms with Crippen LogP contribution in [-0.2, 0) is 11.3 Å². The molecule has 28 heavy (non-hydrogen) atoms. The standard InChI is InChI=1S/C21H24N4O2S/c1-13-5-3-6-15(9-13)10-23-20(26)18-14(2)17-19(24-12-25-21(17)28-18)22-11-16-7-4-8-27-16/h3,5-6,9,12,16H,4,7-8,10-11H2,1-2H3,(H,23,26)(H,22,24,25). The van der Waals surface area contributed by atoms with Crippen LogP contribution in [0.2, 0.25) is 0 Å². The van der Waals surface area contributed by atoms with Gasteiger partial charge in [-0.2, -0.15) is 0 Å². The molecule has 0 bridgehead atoms. The van der Waals surface area contributed by atoms with Gasteiger partial charge in [-0.05, 0) is 37.8 Å². The molecule has 0 aliphatic carbocycles. The minimum Gasteiger partial charge on any atom is -0.376 e. The molecule has 1 saturated heterocycles. The van der Waals surface area contributed by atoms with Crippen LogP contribution >= 0.6 is 11.3 Å². The lowest BCUT2D eigenvalue weighted by molar-refractivity contribution is 0.0954. The number of carbonyl (C=O) groups is 1. The Bertz CT molecular complexity index is 995. The molecule has 0 spiro atoms. The SMILES string of the molecule is Cc1cccc(CNC(=O)c2sc3ncnc(NCC4CCCO4)c3c2C)c1. The third kappa shape index (κ3) is 4.00. The minimum absolute atomic E-state index is 0.0768. The third-order valence-electron chi connectivity index (χ3n) is 4.99. The minimum atomic E-state index is -0.0768. The second-order valence-corrected chi connectivity index (χ2v) is 8.15.